The maximum absolute atomic E-state index is 11.2. The number of non-ortho nitro benzene ring substituents is 1. The number of hydrogen-bond acceptors (Lipinski definition) is 3. The number of rotatable bonds is 2. The summed E-state index contributed by atoms with van der Waals surface area (Å²) in [7, 11) is 0. The predicted octanol–water partition coefficient (Wildman–Crippen LogP) is 4.58. The van der Waals surface area contributed by atoms with Gasteiger partial charge in [0.15, 0.2) is 0 Å². The van der Waals surface area contributed by atoms with E-state index in [-0.39, 0.29) is 16.7 Å². The third kappa shape index (κ3) is 2.60. The van der Waals surface area contributed by atoms with Crippen LogP contribution >= 0.6 is 11.6 Å². The molecule has 2 heterocycles. The minimum atomic E-state index is -0.387. The molecule has 1 aliphatic heterocycles. The summed E-state index contributed by atoms with van der Waals surface area (Å²) >= 11 is 6.38. The molecular formula is C19H18ClN3O2. The van der Waals surface area contributed by atoms with E-state index in [1.165, 1.54) is 28.1 Å². The molecule has 0 saturated carbocycles. The molecule has 0 fully saturated rings. The van der Waals surface area contributed by atoms with Crippen LogP contribution in [0.15, 0.2) is 30.3 Å². The number of nitrogens with one attached hydrogen (secondary N) is 2. The van der Waals surface area contributed by atoms with Gasteiger partial charge >= 0.3 is 0 Å². The van der Waals surface area contributed by atoms with E-state index in [4.69, 9.17) is 11.6 Å². The summed E-state index contributed by atoms with van der Waals surface area (Å²) < 4.78 is 0. The van der Waals surface area contributed by atoms with Crippen molar-refractivity contribution in [3.63, 3.8) is 0 Å². The van der Waals surface area contributed by atoms with Gasteiger partial charge in [-0.25, -0.2) is 0 Å². The number of H-pyrrole nitrogens is 1. The van der Waals surface area contributed by atoms with Gasteiger partial charge in [0.05, 0.1) is 11.0 Å². The minimum Gasteiger partial charge on any atom is -0.356 e. The zero-order chi connectivity index (χ0) is 17.7. The fourth-order valence-corrected chi connectivity index (χ4v) is 4.04. The molecule has 4 rings (SSSR count). The van der Waals surface area contributed by atoms with Crippen LogP contribution < -0.4 is 5.32 Å². The Hall–Kier alpha value is -2.37. The second kappa shape index (κ2) is 5.86. The molecule has 1 unspecified atom stereocenters. The minimum absolute atomic E-state index is 0.0523. The first kappa shape index (κ1) is 16.1. The van der Waals surface area contributed by atoms with Crippen LogP contribution in [0.5, 0.6) is 0 Å². The predicted molar refractivity (Wildman–Crippen MR) is 99.4 cm³/mol. The van der Waals surface area contributed by atoms with Crippen LogP contribution in [-0.4, -0.2) is 16.5 Å². The van der Waals surface area contributed by atoms with Crippen LogP contribution in [-0.2, 0) is 6.42 Å². The normalized spacial score (nSPS) is 16.8. The van der Waals surface area contributed by atoms with Crippen LogP contribution in [0, 0.1) is 24.0 Å². The molecular weight excluding hydrogens is 338 g/mol. The number of nitro groups is 1. The van der Waals surface area contributed by atoms with E-state index in [2.05, 4.69) is 36.3 Å². The Morgan fingerprint density at radius 2 is 2.04 bits per heavy atom. The lowest BCUT2D eigenvalue weighted by molar-refractivity contribution is -0.384. The highest BCUT2D eigenvalue weighted by molar-refractivity contribution is 6.31. The van der Waals surface area contributed by atoms with Gasteiger partial charge in [-0.15, -0.1) is 0 Å². The molecule has 0 radical (unpaired) electrons. The Morgan fingerprint density at radius 3 is 2.80 bits per heavy atom. The van der Waals surface area contributed by atoms with E-state index in [9.17, 15) is 10.1 Å². The first-order chi connectivity index (χ1) is 12.0. The van der Waals surface area contributed by atoms with Crippen molar-refractivity contribution in [3.05, 3.63) is 73.4 Å². The SMILES string of the molecule is Cc1cc(C)c2[nH]c3c(c2c1)CCNC3c1cc([N+](=O)[O-])ccc1Cl. The number of nitrogens with zero attached hydrogens (tertiary/aromatic N) is 1. The van der Waals surface area contributed by atoms with E-state index >= 15 is 0 Å². The molecule has 6 heteroatoms. The van der Waals surface area contributed by atoms with Crippen molar-refractivity contribution in [1.29, 1.82) is 0 Å². The molecule has 128 valence electrons. The highest BCUT2D eigenvalue weighted by Crippen LogP contribution is 2.38. The summed E-state index contributed by atoms with van der Waals surface area (Å²) in [6.45, 7) is 5.00. The maximum Gasteiger partial charge on any atom is 0.269 e. The van der Waals surface area contributed by atoms with Gasteiger partial charge < -0.3 is 10.3 Å². The van der Waals surface area contributed by atoms with Crippen LogP contribution in [0.2, 0.25) is 5.02 Å². The van der Waals surface area contributed by atoms with Crippen molar-refractivity contribution in [1.82, 2.24) is 10.3 Å². The van der Waals surface area contributed by atoms with E-state index in [0.29, 0.717) is 5.02 Å². The summed E-state index contributed by atoms with van der Waals surface area (Å²) in [5, 5.41) is 16.4. The molecule has 5 nitrogen and oxygen atoms in total. The van der Waals surface area contributed by atoms with Gasteiger partial charge in [-0.05, 0) is 43.5 Å². The van der Waals surface area contributed by atoms with Crippen molar-refractivity contribution in [2.24, 2.45) is 0 Å². The second-order valence-electron chi connectivity index (χ2n) is 6.62. The summed E-state index contributed by atoms with van der Waals surface area (Å²) in [4.78, 5) is 14.3. The topological polar surface area (TPSA) is 71.0 Å². The van der Waals surface area contributed by atoms with Gasteiger partial charge in [0.25, 0.3) is 5.69 Å². The monoisotopic (exact) mass is 355 g/mol. The van der Waals surface area contributed by atoms with Gasteiger partial charge in [0.2, 0.25) is 0 Å². The average Bonchev–Trinajstić information content (AvgIpc) is 2.94. The van der Waals surface area contributed by atoms with Crippen LogP contribution in [0.1, 0.15) is 34.0 Å². The van der Waals surface area contributed by atoms with Crippen molar-refractivity contribution in [2.45, 2.75) is 26.3 Å². The van der Waals surface area contributed by atoms with Gasteiger partial charge in [0.1, 0.15) is 0 Å². The summed E-state index contributed by atoms with van der Waals surface area (Å²) in [5.41, 5.74) is 6.68. The van der Waals surface area contributed by atoms with Crippen LogP contribution in [0.3, 0.4) is 0 Å². The zero-order valence-corrected chi connectivity index (χ0v) is 14.8. The highest BCUT2D eigenvalue weighted by Gasteiger charge is 2.28. The molecule has 1 atom stereocenters. The molecule has 0 amide bonds. The van der Waals surface area contributed by atoms with Crippen molar-refractivity contribution < 1.29 is 4.92 Å². The summed E-state index contributed by atoms with van der Waals surface area (Å²) in [5.74, 6) is 0. The number of fused-ring (bicyclic) bond motifs is 3. The van der Waals surface area contributed by atoms with Crippen LogP contribution in [0.25, 0.3) is 10.9 Å². The molecule has 0 spiro atoms. The molecule has 1 aliphatic rings. The van der Waals surface area contributed by atoms with E-state index in [1.807, 2.05) is 0 Å². The van der Waals surface area contributed by atoms with E-state index < -0.39 is 0 Å². The molecule has 1 aromatic heterocycles. The van der Waals surface area contributed by atoms with Gasteiger partial charge in [-0.3, -0.25) is 10.1 Å². The largest absolute Gasteiger partial charge is 0.356 e. The number of aryl methyl sites for hydroxylation is 2. The standard InChI is InChI=1S/C19H18ClN3O2/c1-10-7-11(2)17-14(8-10)13-5-6-21-18(19(13)22-17)15-9-12(23(24)25)3-4-16(15)20/h3-4,7-9,18,21-22H,5-6H2,1-2H3. The van der Waals surface area contributed by atoms with Crippen molar-refractivity contribution in [3.8, 4) is 0 Å². The lowest BCUT2D eigenvalue weighted by Crippen LogP contribution is -2.30. The number of aromatic nitrogens is 1. The molecule has 3 aromatic rings. The van der Waals surface area contributed by atoms with Gasteiger partial charge in [-0.2, -0.15) is 0 Å². The Bertz CT molecular complexity index is 1010. The lowest BCUT2D eigenvalue weighted by Gasteiger charge is -2.25. The van der Waals surface area contributed by atoms with E-state index in [0.717, 1.165) is 29.7 Å². The first-order valence-corrected chi connectivity index (χ1v) is 8.62. The Morgan fingerprint density at radius 1 is 1.24 bits per heavy atom. The number of aromatic amines is 1. The fourth-order valence-electron chi connectivity index (χ4n) is 3.82. The number of hydrogen-bond donors (Lipinski definition) is 2. The third-order valence-corrected chi connectivity index (χ3v) is 5.25. The Kier molecular flexibility index (Phi) is 3.78. The lowest BCUT2D eigenvalue weighted by atomic mass is 9.93. The second-order valence-corrected chi connectivity index (χ2v) is 7.03. The zero-order valence-electron chi connectivity index (χ0n) is 14.0. The summed E-state index contributed by atoms with van der Waals surface area (Å²) in [6.07, 6.45) is 0.918. The molecule has 2 N–H and O–H groups in total. The smallest absolute Gasteiger partial charge is 0.269 e. The first-order valence-electron chi connectivity index (χ1n) is 8.24. The number of halogens is 1. The van der Waals surface area contributed by atoms with Crippen LogP contribution in [0.4, 0.5) is 5.69 Å². The average molecular weight is 356 g/mol. The number of nitro benzene ring substituents is 1. The highest BCUT2D eigenvalue weighted by atomic mass is 35.5. The van der Waals surface area contributed by atoms with Gasteiger partial charge in [0, 0.05) is 45.9 Å². The third-order valence-electron chi connectivity index (χ3n) is 4.90. The molecule has 0 aliphatic carbocycles. The van der Waals surface area contributed by atoms with Crippen molar-refractivity contribution in [2.75, 3.05) is 6.54 Å². The quantitative estimate of drug-likeness (QED) is 0.522. The van der Waals surface area contributed by atoms with Gasteiger partial charge in [-0.1, -0.05) is 23.2 Å². The molecule has 0 bridgehead atoms. The van der Waals surface area contributed by atoms with E-state index in [1.54, 1.807) is 12.1 Å². The maximum atomic E-state index is 11.2. The molecule has 25 heavy (non-hydrogen) atoms. The molecule has 2 aromatic carbocycles. The molecule has 0 saturated heterocycles. The Labute approximate surface area is 150 Å². The summed E-state index contributed by atoms with van der Waals surface area (Å²) in [6, 6.07) is 8.79. The Balaban J connectivity index is 1.92. The van der Waals surface area contributed by atoms with Crippen molar-refractivity contribution >= 4 is 28.2 Å². The number of benzene rings is 2. The fraction of sp³-hybridized carbons (Fsp3) is 0.263.